The van der Waals surface area contributed by atoms with E-state index in [1.54, 1.807) is 0 Å². The summed E-state index contributed by atoms with van der Waals surface area (Å²) in [5, 5.41) is 14.1. The van der Waals surface area contributed by atoms with Crippen LogP contribution in [0.3, 0.4) is 0 Å². The van der Waals surface area contributed by atoms with Gasteiger partial charge in [0.25, 0.3) is 0 Å². The Morgan fingerprint density at radius 3 is 2.81 bits per heavy atom. The van der Waals surface area contributed by atoms with Gasteiger partial charge in [0.1, 0.15) is 18.3 Å². The van der Waals surface area contributed by atoms with E-state index in [9.17, 15) is 5.11 Å². The van der Waals surface area contributed by atoms with E-state index in [-0.39, 0.29) is 0 Å². The average molecular weight is 361 g/mol. The standard InChI is InChI=1S/C22H20N2OS/c25-20-12-11-15-6-1-2-7-16(15)17(20)14-24-13-5-9-19(24)22-23-18-8-3-4-10-21(18)26-22/h1-4,6-8,10-12,19,25H,5,9,13-14H2/p+1/t19-/m0/s1. The van der Waals surface area contributed by atoms with Crippen molar-refractivity contribution in [3.8, 4) is 5.75 Å². The highest BCUT2D eigenvalue weighted by Gasteiger charge is 2.33. The highest BCUT2D eigenvalue weighted by molar-refractivity contribution is 7.18. The molecule has 1 aromatic heterocycles. The van der Waals surface area contributed by atoms with Crippen LogP contribution in [0.5, 0.6) is 5.75 Å². The van der Waals surface area contributed by atoms with Crippen LogP contribution in [0.2, 0.25) is 0 Å². The van der Waals surface area contributed by atoms with Crippen LogP contribution in [0.4, 0.5) is 0 Å². The van der Waals surface area contributed by atoms with Gasteiger partial charge in [-0.1, -0.05) is 42.5 Å². The molecule has 3 aromatic carbocycles. The van der Waals surface area contributed by atoms with Crippen molar-refractivity contribution in [3.63, 3.8) is 0 Å². The predicted molar refractivity (Wildman–Crippen MR) is 107 cm³/mol. The molecule has 1 aliphatic rings. The molecule has 3 nitrogen and oxygen atoms in total. The minimum absolute atomic E-state index is 0.408. The number of likely N-dealkylation sites (tertiary alicyclic amines) is 1. The molecule has 4 heteroatoms. The Hall–Kier alpha value is -2.43. The molecular formula is C22H21N2OS+. The SMILES string of the molecule is Oc1ccc2ccccc2c1C[NH+]1CCC[C@H]1c1nc2ccccc2s1. The predicted octanol–water partition coefficient (Wildman–Crippen LogP) is 4.08. The lowest BCUT2D eigenvalue weighted by Crippen LogP contribution is -3.08. The highest BCUT2D eigenvalue weighted by Crippen LogP contribution is 2.31. The Morgan fingerprint density at radius 2 is 1.88 bits per heavy atom. The van der Waals surface area contributed by atoms with Crippen molar-refractivity contribution in [1.82, 2.24) is 4.98 Å². The molecule has 1 unspecified atom stereocenters. The zero-order chi connectivity index (χ0) is 17.5. The zero-order valence-electron chi connectivity index (χ0n) is 14.5. The second-order valence-electron chi connectivity index (χ2n) is 7.08. The Bertz CT molecular complexity index is 1050. The normalized spacial score (nSPS) is 20.2. The van der Waals surface area contributed by atoms with Gasteiger partial charge >= 0.3 is 0 Å². The number of aromatic nitrogens is 1. The zero-order valence-corrected chi connectivity index (χ0v) is 15.3. The molecule has 2 heterocycles. The summed E-state index contributed by atoms with van der Waals surface area (Å²) in [4.78, 5) is 6.42. The van der Waals surface area contributed by atoms with Crippen LogP contribution in [0.1, 0.15) is 29.5 Å². The summed E-state index contributed by atoms with van der Waals surface area (Å²) in [6.07, 6.45) is 2.38. The largest absolute Gasteiger partial charge is 0.507 e. The van der Waals surface area contributed by atoms with Crippen LogP contribution in [0.15, 0.2) is 60.7 Å². The number of fused-ring (bicyclic) bond motifs is 2. The highest BCUT2D eigenvalue weighted by atomic mass is 32.1. The number of para-hydroxylation sites is 1. The third-order valence-corrected chi connectivity index (χ3v) is 6.66. The van der Waals surface area contributed by atoms with E-state index in [0.29, 0.717) is 11.8 Å². The number of quaternary nitrogens is 1. The number of nitrogens with zero attached hydrogens (tertiary/aromatic N) is 1. The summed E-state index contributed by atoms with van der Waals surface area (Å²) in [6.45, 7) is 1.97. The number of rotatable bonds is 3. The molecule has 0 aliphatic carbocycles. The molecule has 26 heavy (non-hydrogen) atoms. The maximum absolute atomic E-state index is 10.5. The van der Waals surface area contributed by atoms with Crippen molar-refractivity contribution in [2.45, 2.75) is 25.4 Å². The van der Waals surface area contributed by atoms with E-state index in [0.717, 1.165) is 29.6 Å². The van der Waals surface area contributed by atoms with Gasteiger partial charge in [0.05, 0.1) is 22.3 Å². The van der Waals surface area contributed by atoms with Gasteiger partial charge < -0.3 is 10.0 Å². The first-order valence-electron chi connectivity index (χ1n) is 9.19. The maximum Gasteiger partial charge on any atom is 0.151 e. The number of hydrogen-bond acceptors (Lipinski definition) is 3. The van der Waals surface area contributed by atoms with Crippen LogP contribution in [0.25, 0.3) is 21.0 Å². The summed E-state index contributed by atoms with van der Waals surface area (Å²) in [7, 11) is 0. The Balaban J connectivity index is 1.51. The van der Waals surface area contributed by atoms with Crippen LogP contribution in [-0.4, -0.2) is 16.6 Å². The van der Waals surface area contributed by atoms with Crippen LogP contribution in [0, 0.1) is 0 Å². The molecule has 0 amide bonds. The van der Waals surface area contributed by atoms with Gasteiger partial charge in [-0.3, -0.25) is 0 Å². The molecule has 1 saturated heterocycles. The smallest absolute Gasteiger partial charge is 0.151 e. The van der Waals surface area contributed by atoms with E-state index >= 15 is 0 Å². The summed E-state index contributed by atoms with van der Waals surface area (Å²) < 4.78 is 1.27. The van der Waals surface area contributed by atoms with Gasteiger partial charge in [0.2, 0.25) is 0 Å². The molecule has 2 atom stereocenters. The maximum atomic E-state index is 10.5. The first-order valence-corrected chi connectivity index (χ1v) is 10.0. The molecule has 0 saturated carbocycles. The lowest BCUT2D eigenvalue weighted by atomic mass is 10.0. The van der Waals surface area contributed by atoms with Gasteiger partial charge in [-0.25, -0.2) is 4.98 Å². The molecule has 1 aliphatic heterocycles. The fourth-order valence-corrected chi connectivity index (χ4v) is 5.36. The van der Waals surface area contributed by atoms with Crippen molar-refractivity contribution in [3.05, 3.63) is 71.2 Å². The third kappa shape index (κ3) is 2.66. The molecule has 0 radical (unpaired) electrons. The first kappa shape index (κ1) is 15.8. The van der Waals surface area contributed by atoms with Crippen molar-refractivity contribution in [1.29, 1.82) is 0 Å². The number of hydrogen-bond donors (Lipinski definition) is 2. The van der Waals surface area contributed by atoms with E-state index in [4.69, 9.17) is 4.98 Å². The van der Waals surface area contributed by atoms with E-state index < -0.39 is 0 Å². The van der Waals surface area contributed by atoms with E-state index in [1.165, 1.54) is 32.8 Å². The molecule has 4 aromatic rings. The van der Waals surface area contributed by atoms with E-state index in [1.807, 2.05) is 23.5 Å². The van der Waals surface area contributed by atoms with Gasteiger partial charge in [0, 0.05) is 12.8 Å². The van der Waals surface area contributed by atoms with Crippen LogP contribution in [-0.2, 0) is 6.54 Å². The monoisotopic (exact) mass is 361 g/mol. The number of phenols is 1. The van der Waals surface area contributed by atoms with Crippen LogP contribution >= 0.6 is 11.3 Å². The van der Waals surface area contributed by atoms with Gasteiger partial charge in [-0.05, 0) is 29.0 Å². The summed E-state index contributed by atoms with van der Waals surface area (Å²) >= 11 is 1.82. The number of thiazole rings is 1. The first-order chi connectivity index (χ1) is 12.8. The number of aromatic hydroxyl groups is 1. The molecule has 5 rings (SSSR count). The summed E-state index contributed by atoms with van der Waals surface area (Å²) in [5.74, 6) is 0.408. The van der Waals surface area contributed by atoms with Gasteiger partial charge in [-0.15, -0.1) is 11.3 Å². The van der Waals surface area contributed by atoms with E-state index in [2.05, 4.69) is 48.5 Å². The molecule has 1 fully saturated rings. The lowest BCUT2D eigenvalue weighted by Gasteiger charge is -2.21. The van der Waals surface area contributed by atoms with Crippen LogP contribution < -0.4 is 4.90 Å². The molecular weight excluding hydrogens is 340 g/mol. The van der Waals surface area contributed by atoms with Crippen molar-refractivity contribution in [2.75, 3.05) is 6.54 Å². The van der Waals surface area contributed by atoms with Crippen molar-refractivity contribution < 1.29 is 10.0 Å². The second-order valence-corrected chi connectivity index (χ2v) is 8.15. The van der Waals surface area contributed by atoms with Gasteiger partial charge in [-0.2, -0.15) is 0 Å². The Labute approximate surface area is 156 Å². The molecule has 130 valence electrons. The third-order valence-electron chi connectivity index (χ3n) is 5.51. The average Bonchev–Trinajstić information content (AvgIpc) is 3.30. The minimum atomic E-state index is 0.408. The van der Waals surface area contributed by atoms with Crippen molar-refractivity contribution in [2.24, 2.45) is 0 Å². The number of benzene rings is 3. The van der Waals surface area contributed by atoms with Crippen molar-refractivity contribution >= 4 is 32.3 Å². The minimum Gasteiger partial charge on any atom is -0.507 e. The Morgan fingerprint density at radius 1 is 1.04 bits per heavy atom. The summed E-state index contributed by atoms with van der Waals surface area (Å²) in [5.41, 5.74) is 2.16. The Kier molecular flexibility index (Phi) is 3.88. The molecule has 2 N–H and O–H groups in total. The van der Waals surface area contributed by atoms with Gasteiger partial charge in [0.15, 0.2) is 5.01 Å². The lowest BCUT2D eigenvalue weighted by molar-refractivity contribution is -0.931. The molecule has 0 bridgehead atoms. The molecule has 0 spiro atoms. The summed E-state index contributed by atoms with van der Waals surface area (Å²) in [6, 6.07) is 21.0. The fourth-order valence-electron chi connectivity index (χ4n) is 4.20. The quantitative estimate of drug-likeness (QED) is 0.577. The number of phenolic OH excluding ortho intramolecular Hbond substituents is 1. The fraction of sp³-hybridized carbons (Fsp3) is 0.227. The number of nitrogens with one attached hydrogen (secondary N) is 1. The topological polar surface area (TPSA) is 37.6 Å². The second kappa shape index (κ2) is 6.38.